The Morgan fingerprint density at radius 1 is 0.455 bits per heavy atom. The minimum atomic E-state index is -1.10. The average molecular weight is 1050 g/mol. The fourth-order valence-electron chi connectivity index (χ4n) is 9.95. The van der Waals surface area contributed by atoms with Crippen molar-refractivity contribution in [2.24, 2.45) is 0 Å². The van der Waals surface area contributed by atoms with E-state index >= 15 is 0 Å². The van der Waals surface area contributed by atoms with E-state index < -0.39 is 67.7 Å². The molecule has 3 fully saturated rings. The Hall–Kier alpha value is -5.65. The van der Waals surface area contributed by atoms with Crippen LogP contribution in [-0.2, 0) is 94.7 Å². The van der Waals surface area contributed by atoms with E-state index in [9.17, 15) is 4.79 Å². The first-order chi connectivity index (χ1) is 38.1. The fraction of sp³-hybridized carbons (Fsp3) is 0.422. The predicted octanol–water partition coefficient (Wildman–Crippen LogP) is 11.4. The highest BCUT2D eigenvalue weighted by atomic mass is 16.8. The molecule has 408 valence electrons. The Balaban J connectivity index is 1.06. The van der Waals surface area contributed by atoms with Crippen molar-refractivity contribution in [2.75, 3.05) is 26.9 Å². The van der Waals surface area contributed by atoms with Gasteiger partial charge in [-0.05, 0) is 40.7 Å². The zero-order chi connectivity index (χ0) is 52.7. The number of carbonyl (C=O) groups is 1. The van der Waals surface area contributed by atoms with Gasteiger partial charge in [-0.15, -0.1) is 0 Å². The van der Waals surface area contributed by atoms with Gasteiger partial charge in [0.25, 0.3) is 0 Å². The van der Waals surface area contributed by atoms with Crippen LogP contribution in [0.15, 0.2) is 182 Å². The summed E-state index contributed by atoms with van der Waals surface area (Å²) in [6.07, 6.45) is -2.78. The van der Waals surface area contributed by atoms with Crippen molar-refractivity contribution in [1.29, 1.82) is 0 Å². The van der Waals surface area contributed by atoms with E-state index in [1.807, 2.05) is 182 Å². The zero-order valence-corrected chi connectivity index (χ0v) is 44.1. The van der Waals surface area contributed by atoms with Crippen LogP contribution in [0.5, 0.6) is 0 Å². The number of fused-ring (bicyclic) bond motifs is 1. The third-order valence-corrected chi connectivity index (χ3v) is 14.1. The van der Waals surface area contributed by atoms with E-state index in [1.54, 1.807) is 0 Å². The minimum Gasteiger partial charge on any atom is -0.469 e. The van der Waals surface area contributed by atoms with Crippen molar-refractivity contribution in [3.05, 3.63) is 215 Å². The quantitative estimate of drug-likeness (QED) is 0.0327. The molecule has 3 aliphatic rings. The maximum Gasteiger partial charge on any atom is 0.305 e. The molecule has 6 aromatic carbocycles. The summed E-state index contributed by atoms with van der Waals surface area (Å²) >= 11 is 0. The molecule has 0 saturated carbocycles. The lowest BCUT2D eigenvalue weighted by Crippen LogP contribution is -2.67. The van der Waals surface area contributed by atoms with Crippen LogP contribution in [0.4, 0.5) is 0 Å². The van der Waals surface area contributed by atoms with Crippen LogP contribution in [0.25, 0.3) is 0 Å². The average Bonchev–Trinajstić information content (AvgIpc) is 3.51. The lowest BCUT2D eigenvalue weighted by atomic mass is 9.95. The Morgan fingerprint density at radius 3 is 1.47 bits per heavy atom. The summed E-state index contributed by atoms with van der Waals surface area (Å²) in [6, 6.07) is 60.2. The summed E-state index contributed by atoms with van der Waals surface area (Å²) in [4.78, 5) is 11.7. The van der Waals surface area contributed by atoms with Gasteiger partial charge in [0.1, 0.15) is 48.8 Å². The SMILES string of the molecule is COC(=O)CCCCCCCCO[C@H]1O[C@@H]2COC(c3ccccc3)O[C@H]2[C@H](OCc2ccccc2)[C@H]1O[C@H]1O[C@H](COCc2ccccc2)[C@@H](OCc2ccccc2)[C@H](OCc2ccccc2)[C@H]1OCc1ccccc1. The topological polar surface area (TPSA) is 128 Å². The lowest BCUT2D eigenvalue weighted by molar-refractivity contribution is -0.402. The van der Waals surface area contributed by atoms with Gasteiger partial charge >= 0.3 is 5.97 Å². The number of hydrogen-bond acceptors (Lipinski definition) is 13. The molecule has 3 aliphatic heterocycles. The normalized spacial score (nSPS) is 25.2. The van der Waals surface area contributed by atoms with Gasteiger partial charge in [0.15, 0.2) is 18.9 Å². The summed E-state index contributed by atoms with van der Waals surface area (Å²) in [6.45, 7) is 2.13. The number of unbranched alkanes of at least 4 members (excludes halogenated alkanes) is 5. The van der Waals surface area contributed by atoms with Gasteiger partial charge in [0, 0.05) is 18.6 Å². The molecule has 6 aromatic rings. The molecule has 0 N–H and O–H groups in total. The summed E-state index contributed by atoms with van der Waals surface area (Å²) in [5.74, 6) is -0.175. The van der Waals surface area contributed by atoms with E-state index in [2.05, 4.69) is 0 Å². The summed E-state index contributed by atoms with van der Waals surface area (Å²) in [7, 11) is 1.43. The van der Waals surface area contributed by atoms with Gasteiger partial charge in [-0.2, -0.15) is 0 Å². The highest BCUT2D eigenvalue weighted by Crippen LogP contribution is 2.40. The van der Waals surface area contributed by atoms with E-state index in [4.69, 9.17) is 56.8 Å². The highest BCUT2D eigenvalue weighted by molar-refractivity contribution is 5.68. The van der Waals surface area contributed by atoms with Crippen molar-refractivity contribution in [3.8, 4) is 0 Å². The zero-order valence-electron chi connectivity index (χ0n) is 44.1. The van der Waals surface area contributed by atoms with Crippen LogP contribution in [-0.4, -0.2) is 94.3 Å². The Kier molecular flexibility index (Phi) is 22.2. The molecular formula is C64H74O13. The number of rotatable bonds is 29. The Labute approximate surface area is 453 Å². The van der Waals surface area contributed by atoms with Gasteiger partial charge < -0.3 is 56.8 Å². The molecule has 0 bridgehead atoms. The summed E-state index contributed by atoms with van der Waals surface area (Å²) in [5, 5.41) is 0. The van der Waals surface area contributed by atoms with Gasteiger partial charge in [0.05, 0.1) is 53.4 Å². The van der Waals surface area contributed by atoms with Crippen LogP contribution in [0.2, 0.25) is 0 Å². The molecule has 13 heteroatoms. The molecule has 0 aromatic heterocycles. The molecule has 0 amide bonds. The van der Waals surface area contributed by atoms with E-state index in [0.29, 0.717) is 19.6 Å². The Bertz CT molecular complexity index is 2550. The van der Waals surface area contributed by atoms with Crippen LogP contribution in [0, 0.1) is 0 Å². The van der Waals surface area contributed by atoms with Crippen molar-refractivity contribution in [3.63, 3.8) is 0 Å². The standard InChI is InChI=1S/C64H74O13/c1-66-55(65)38-24-4-2-3-5-25-39-68-63-61(59(71-43-50-32-18-9-19-33-50)57-54(74-63)46-73-62(76-57)52-36-22-11-23-37-52)77-64-60(72-44-51-34-20-10-21-35-51)58(70-42-49-30-16-8-17-31-49)56(69-41-48-28-14-7-15-29-48)53(75-64)45-67-40-47-26-12-6-13-27-47/h6-23,26-37,53-54,56-64H,2-5,24-25,38-46H2,1H3/t53-,54-,56-,57-,58+,59+,60-,61-,62?,63+,64-/m1/s1. The number of hydrogen-bond donors (Lipinski definition) is 0. The van der Waals surface area contributed by atoms with E-state index in [1.165, 1.54) is 7.11 Å². The molecule has 9 rings (SSSR count). The Morgan fingerprint density at radius 2 is 0.922 bits per heavy atom. The molecule has 13 nitrogen and oxygen atoms in total. The van der Waals surface area contributed by atoms with Crippen molar-refractivity contribution in [2.45, 2.75) is 146 Å². The monoisotopic (exact) mass is 1050 g/mol. The third-order valence-electron chi connectivity index (χ3n) is 14.1. The first kappa shape index (κ1) is 56.1. The highest BCUT2D eigenvalue weighted by Gasteiger charge is 2.56. The maximum absolute atomic E-state index is 11.7. The van der Waals surface area contributed by atoms with Crippen molar-refractivity contribution >= 4 is 5.97 Å². The molecule has 0 radical (unpaired) electrons. The predicted molar refractivity (Wildman–Crippen MR) is 289 cm³/mol. The molecule has 11 atom stereocenters. The van der Waals surface area contributed by atoms with Gasteiger partial charge in [-0.3, -0.25) is 4.79 Å². The van der Waals surface area contributed by atoms with Crippen LogP contribution in [0.3, 0.4) is 0 Å². The second-order valence-corrected chi connectivity index (χ2v) is 19.7. The molecule has 1 unspecified atom stereocenters. The van der Waals surface area contributed by atoms with Crippen LogP contribution < -0.4 is 0 Å². The molecular weight excluding hydrogens is 977 g/mol. The minimum absolute atomic E-state index is 0.145. The molecule has 3 saturated heterocycles. The lowest BCUT2D eigenvalue weighted by Gasteiger charge is -2.51. The van der Waals surface area contributed by atoms with Crippen LogP contribution in [0.1, 0.15) is 84.6 Å². The fourth-order valence-corrected chi connectivity index (χ4v) is 9.95. The van der Waals surface area contributed by atoms with Crippen LogP contribution >= 0.6 is 0 Å². The third kappa shape index (κ3) is 16.9. The largest absolute Gasteiger partial charge is 0.469 e. The number of benzene rings is 6. The van der Waals surface area contributed by atoms with E-state index in [-0.39, 0.29) is 45.6 Å². The molecule has 0 aliphatic carbocycles. The van der Waals surface area contributed by atoms with Gasteiger partial charge in [-0.1, -0.05) is 208 Å². The van der Waals surface area contributed by atoms with Gasteiger partial charge in [0.2, 0.25) is 0 Å². The van der Waals surface area contributed by atoms with Gasteiger partial charge in [-0.25, -0.2) is 0 Å². The molecule has 0 spiro atoms. The second-order valence-electron chi connectivity index (χ2n) is 19.7. The number of esters is 1. The van der Waals surface area contributed by atoms with E-state index in [0.717, 1.165) is 71.9 Å². The number of methoxy groups -OCH3 is 1. The molecule has 3 heterocycles. The first-order valence-electron chi connectivity index (χ1n) is 27.3. The second kappa shape index (κ2) is 30.5. The first-order valence-corrected chi connectivity index (χ1v) is 27.3. The number of ether oxygens (including phenoxy) is 12. The maximum atomic E-state index is 11.7. The van der Waals surface area contributed by atoms with Crippen molar-refractivity contribution in [1.82, 2.24) is 0 Å². The molecule has 77 heavy (non-hydrogen) atoms. The smallest absolute Gasteiger partial charge is 0.305 e. The van der Waals surface area contributed by atoms with Crippen molar-refractivity contribution < 1.29 is 61.6 Å². The number of carbonyl (C=O) groups excluding carboxylic acids is 1. The summed E-state index contributed by atoms with van der Waals surface area (Å²) < 4.78 is 81.5. The summed E-state index contributed by atoms with van der Waals surface area (Å²) in [5.41, 5.74) is 5.81.